The van der Waals surface area contributed by atoms with Gasteiger partial charge in [0.1, 0.15) is 0 Å². The highest BCUT2D eigenvalue weighted by Gasteiger charge is 2.41. The number of hydrogen-bond acceptors (Lipinski definition) is 0. The molecule has 0 aromatic heterocycles. The molecule has 6 aromatic rings. The molecule has 6 rings (SSSR count). The van der Waals surface area contributed by atoms with E-state index in [1.165, 1.54) is 12.1 Å². The predicted octanol–water partition coefficient (Wildman–Crippen LogP) is 11.0. The summed E-state index contributed by atoms with van der Waals surface area (Å²) in [7, 11) is -0.928. The van der Waals surface area contributed by atoms with Crippen LogP contribution in [0, 0.1) is 0 Å². The van der Waals surface area contributed by atoms with Gasteiger partial charge in [0.05, 0.1) is 11.1 Å². The van der Waals surface area contributed by atoms with Crippen molar-refractivity contribution in [3.05, 3.63) is 157 Å². The standard InChI is InChI=1S/C38H25F6P/c39-37(40,41)35-31(23-21-29(25-13-5-1-6-14-25)33(35)27-17-9-3-10-18-27)45-32-24-22-30(26-15-7-2-8-16-26)34(36(32)38(42,43)44)28-19-11-4-12-20-28/h1-24,45H. The summed E-state index contributed by atoms with van der Waals surface area (Å²) in [5.41, 5.74) is 0.522. The second-order valence-corrected chi connectivity index (χ2v) is 11.7. The van der Waals surface area contributed by atoms with Crippen molar-refractivity contribution < 1.29 is 26.3 Å². The van der Waals surface area contributed by atoms with Crippen molar-refractivity contribution in [3.8, 4) is 44.5 Å². The predicted molar refractivity (Wildman–Crippen MR) is 172 cm³/mol. The normalized spacial score (nSPS) is 11.9. The lowest BCUT2D eigenvalue weighted by Crippen LogP contribution is -2.24. The van der Waals surface area contributed by atoms with Gasteiger partial charge in [0.25, 0.3) is 0 Å². The summed E-state index contributed by atoms with van der Waals surface area (Å²) >= 11 is 0. The Morgan fingerprint density at radius 1 is 0.333 bits per heavy atom. The molecule has 0 radical (unpaired) electrons. The first-order chi connectivity index (χ1) is 21.6. The van der Waals surface area contributed by atoms with Gasteiger partial charge in [0.2, 0.25) is 0 Å². The number of halogens is 6. The Balaban J connectivity index is 1.64. The molecule has 7 heteroatoms. The summed E-state index contributed by atoms with van der Waals surface area (Å²) in [6.07, 6.45) is -9.69. The third-order valence-electron chi connectivity index (χ3n) is 7.54. The number of benzene rings is 6. The minimum atomic E-state index is -4.84. The molecule has 0 spiro atoms. The lowest BCUT2D eigenvalue weighted by atomic mass is 9.90. The molecule has 0 nitrogen and oxygen atoms in total. The average molecular weight is 627 g/mol. The van der Waals surface area contributed by atoms with Crippen LogP contribution in [0.5, 0.6) is 0 Å². The van der Waals surface area contributed by atoms with Gasteiger partial charge in [-0.15, -0.1) is 0 Å². The first kappa shape index (κ1) is 30.4. The van der Waals surface area contributed by atoms with E-state index in [2.05, 4.69) is 0 Å². The fourth-order valence-electron chi connectivity index (χ4n) is 5.67. The highest BCUT2D eigenvalue weighted by atomic mass is 31.1. The van der Waals surface area contributed by atoms with E-state index >= 15 is 26.3 Å². The van der Waals surface area contributed by atoms with E-state index in [-0.39, 0.29) is 21.7 Å². The van der Waals surface area contributed by atoms with Crippen molar-refractivity contribution in [2.75, 3.05) is 0 Å². The molecule has 0 saturated carbocycles. The highest BCUT2D eigenvalue weighted by molar-refractivity contribution is 7.55. The molecule has 0 atom stereocenters. The van der Waals surface area contributed by atoms with Gasteiger partial charge in [-0.2, -0.15) is 26.3 Å². The van der Waals surface area contributed by atoms with E-state index in [4.69, 9.17) is 0 Å². The topological polar surface area (TPSA) is 0 Å². The van der Waals surface area contributed by atoms with Crippen molar-refractivity contribution in [3.63, 3.8) is 0 Å². The van der Waals surface area contributed by atoms with Gasteiger partial charge in [0.15, 0.2) is 0 Å². The SMILES string of the molecule is FC(F)(F)c1c(Pc2ccc(-c3ccccc3)c(-c3ccccc3)c2C(F)(F)F)ccc(-c2ccccc2)c1-c1ccccc1. The van der Waals surface area contributed by atoms with E-state index in [1.54, 1.807) is 133 Å². The van der Waals surface area contributed by atoms with Crippen LogP contribution >= 0.6 is 8.58 Å². The Morgan fingerprint density at radius 2 is 0.622 bits per heavy atom. The van der Waals surface area contributed by atoms with Crippen LogP contribution in [0.4, 0.5) is 26.3 Å². The maximum Gasteiger partial charge on any atom is 0.417 e. The third-order valence-corrected chi connectivity index (χ3v) is 8.91. The highest BCUT2D eigenvalue weighted by Crippen LogP contribution is 2.46. The minimum Gasteiger partial charge on any atom is -0.166 e. The zero-order valence-corrected chi connectivity index (χ0v) is 24.6. The molecule has 0 bridgehead atoms. The van der Waals surface area contributed by atoms with Gasteiger partial charge in [-0.1, -0.05) is 154 Å². The maximum absolute atomic E-state index is 15.1. The van der Waals surface area contributed by atoms with Crippen LogP contribution in [0.25, 0.3) is 44.5 Å². The molecular weight excluding hydrogens is 601 g/mol. The summed E-state index contributed by atoms with van der Waals surface area (Å²) in [5, 5.41) is -0.420. The monoisotopic (exact) mass is 626 g/mol. The summed E-state index contributed by atoms with van der Waals surface area (Å²) in [4.78, 5) is 0. The van der Waals surface area contributed by atoms with Crippen molar-refractivity contribution in [1.29, 1.82) is 0 Å². The van der Waals surface area contributed by atoms with Gasteiger partial charge in [-0.25, -0.2) is 0 Å². The Morgan fingerprint density at radius 3 is 0.911 bits per heavy atom. The van der Waals surface area contributed by atoms with Crippen molar-refractivity contribution in [2.24, 2.45) is 0 Å². The van der Waals surface area contributed by atoms with E-state index < -0.39 is 32.1 Å². The fraction of sp³-hybridized carbons (Fsp3) is 0.0526. The second kappa shape index (κ2) is 12.4. The first-order valence-corrected chi connectivity index (χ1v) is 15.1. The Bertz CT molecular complexity index is 1770. The maximum atomic E-state index is 15.1. The van der Waals surface area contributed by atoms with E-state index in [9.17, 15) is 0 Å². The summed E-state index contributed by atoms with van der Waals surface area (Å²) in [5.74, 6) is 0. The molecule has 0 aliphatic heterocycles. The molecule has 0 N–H and O–H groups in total. The second-order valence-electron chi connectivity index (χ2n) is 10.4. The molecule has 0 heterocycles. The molecule has 0 saturated heterocycles. The van der Waals surface area contributed by atoms with E-state index in [0.29, 0.717) is 33.4 Å². The van der Waals surface area contributed by atoms with Crippen molar-refractivity contribution >= 4 is 19.2 Å². The molecule has 6 aromatic carbocycles. The third kappa shape index (κ3) is 6.29. The number of rotatable bonds is 6. The zero-order chi connectivity index (χ0) is 31.6. The van der Waals surface area contributed by atoms with Crippen molar-refractivity contribution in [2.45, 2.75) is 12.4 Å². The van der Waals surface area contributed by atoms with Crippen LogP contribution in [0.1, 0.15) is 11.1 Å². The number of alkyl halides is 6. The summed E-state index contributed by atoms with van der Waals surface area (Å²) in [6, 6.07) is 39.6. The van der Waals surface area contributed by atoms with Crippen LogP contribution in [0.15, 0.2) is 146 Å². The van der Waals surface area contributed by atoms with Gasteiger partial charge in [-0.3, -0.25) is 0 Å². The molecular formula is C38H25F6P. The molecule has 0 aliphatic carbocycles. The summed E-state index contributed by atoms with van der Waals surface area (Å²) < 4.78 is 90.8. The fourth-order valence-corrected chi connectivity index (χ4v) is 7.08. The number of hydrogen-bond donors (Lipinski definition) is 0. The van der Waals surface area contributed by atoms with Gasteiger partial charge >= 0.3 is 12.4 Å². The molecule has 45 heavy (non-hydrogen) atoms. The van der Waals surface area contributed by atoms with Crippen LogP contribution < -0.4 is 10.6 Å². The van der Waals surface area contributed by atoms with E-state index in [0.717, 1.165) is 0 Å². The van der Waals surface area contributed by atoms with Crippen LogP contribution in [-0.4, -0.2) is 0 Å². The minimum absolute atomic E-state index is 0.0583. The van der Waals surface area contributed by atoms with Crippen molar-refractivity contribution in [1.82, 2.24) is 0 Å². The van der Waals surface area contributed by atoms with Crippen LogP contribution in [0.3, 0.4) is 0 Å². The molecule has 0 aliphatic rings. The van der Waals surface area contributed by atoms with Gasteiger partial charge in [0, 0.05) is 11.1 Å². The van der Waals surface area contributed by atoms with E-state index in [1.807, 2.05) is 0 Å². The summed E-state index contributed by atoms with van der Waals surface area (Å²) in [6.45, 7) is 0. The molecule has 0 amide bonds. The van der Waals surface area contributed by atoms with Crippen LogP contribution in [0.2, 0.25) is 0 Å². The Kier molecular flexibility index (Phi) is 8.35. The largest absolute Gasteiger partial charge is 0.417 e. The smallest absolute Gasteiger partial charge is 0.166 e. The zero-order valence-electron chi connectivity index (χ0n) is 23.6. The van der Waals surface area contributed by atoms with Gasteiger partial charge < -0.3 is 0 Å². The molecule has 0 fully saturated rings. The van der Waals surface area contributed by atoms with Crippen LogP contribution in [-0.2, 0) is 12.4 Å². The molecule has 0 unspecified atom stereocenters. The van der Waals surface area contributed by atoms with Gasteiger partial charge in [-0.05, 0) is 44.0 Å². The quantitative estimate of drug-likeness (QED) is 0.127. The Hall–Kier alpha value is -4.67. The lowest BCUT2D eigenvalue weighted by Gasteiger charge is -2.24. The lowest BCUT2D eigenvalue weighted by molar-refractivity contribution is -0.136. The average Bonchev–Trinajstić information content (AvgIpc) is 3.05. The Labute approximate surface area is 258 Å². The first-order valence-electron chi connectivity index (χ1n) is 14.1. The molecule has 224 valence electrons.